The number of nitrogens with zero attached hydrogens (tertiary/aromatic N) is 3. The van der Waals surface area contributed by atoms with Crippen LogP contribution < -0.4 is 10.6 Å². The maximum absolute atomic E-state index is 12.9. The first-order valence-corrected chi connectivity index (χ1v) is 11.1. The number of carbonyl (C=O) groups excluding carboxylic acids is 1. The van der Waals surface area contributed by atoms with Crippen LogP contribution in [-0.4, -0.2) is 68.9 Å². The molecule has 4 rings (SSSR count). The first kappa shape index (κ1) is 22.8. The van der Waals surface area contributed by atoms with E-state index in [1.54, 1.807) is 0 Å². The maximum atomic E-state index is 12.9. The van der Waals surface area contributed by atoms with E-state index in [0.29, 0.717) is 12.0 Å². The van der Waals surface area contributed by atoms with Gasteiger partial charge in [0, 0.05) is 25.3 Å². The Balaban J connectivity index is 1.22. The lowest BCUT2D eigenvalue weighted by atomic mass is 9.80. The molecule has 0 unspecified atom stereocenters. The predicted molar refractivity (Wildman–Crippen MR) is 113 cm³/mol. The SMILES string of the molecule is CC[C@@H](O)C1CCC(N2CC(NC(=O)CNc3n[nH]c4ncc(C(F)(F)F)cc34)C2)CC1. The normalized spacial score (nSPS) is 23.7. The molecule has 1 atom stereocenters. The van der Waals surface area contributed by atoms with Crippen molar-refractivity contribution in [3.63, 3.8) is 0 Å². The fourth-order valence-corrected chi connectivity index (χ4v) is 4.72. The third kappa shape index (κ3) is 4.98. The van der Waals surface area contributed by atoms with Gasteiger partial charge in [-0.2, -0.15) is 18.3 Å². The van der Waals surface area contributed by atoms with E-state index in [1.807, 2.05) is 6.92 Å². The lowest BCUT2D eigenvalue weighted by molar-refractivity contribution is -0.137. The molecule has 1 amide bonds. The van der Waals surface area contributed by atoms with Gasteiger partial charge in [0.25, 0.3) is 0 Å². The molecule has 1 saturated heterocycles. The summed E-state index contributed by atoms with van der Waals surface area (Å²) >= 11 is 0. The van der Waals surface area contributed by atoms with Crippen molar-refractivity contribution in [2.45, 2.75) is 63.4 Å². The van der Waals surface area contributed by atoms with Crippen LogP contribution in [0.4, 0.5) is 19.0 Å². The fourth-order valence-electron chi connectivity index (χ4n) is 4.72. The smallest absolute Gasteiger partial charge is 0.393 e. The van der Waals surface area contributed by atoms with Crippen LogP contribution in [0.2, 0.25) is 0 Å². The molecule has 8 nitrogen and oxygen atoms in total. The molecule has 32 heavy (non-hydrogen) atoms. The van der Waals surface area contributed by atoms with Crippen molar-refractivity contribution in [2.75, 3.05) is 25.0 Å². The highest BCUT2D eigenvalue weighted by atomic mass is 19.4. The van der Waals surface area contributed by atoms with Crippen molar-refractivity contribution in [1.82, 2.24) is 25.4 Å². The lowest BCUT2D eigenvalue weighted by Gasteiger charge is -2.47. The number of nitrogens with one attached hydrogen (secondary N) is 3. The van der Waals surface area contributed by atoms with E-state index in [0.717, 1.165) is 57.5 Å². The summed E-state index contributed by atoms with van der Waals surface area (Å²) in [4.78, 5) is 18.4. The highest BCUT2D eigenvalue weighted by molar-refractivity contribution is 5.90. The molecule has 0 aromatic carbocycles. The van der Waals surface area contributed by atoms with E-state index in [1.165, 1.54) is 0 Å². The number of hydrogen-bond donors (Lipinski definition) is 4. The molecule has 4 N–H and O–H groups in total. The largest absolute Gasteiger partial charge is 0.417 e. The average molecular weight is 454 g/mol. The van der Waals surface area contributed by atoms with Crippen LogP contribution in [0.15, 0.2) is 12.3 Å². The number of aromatic amines is 1. The maximum Gasteiger partial charge on any atom is 0.417 e. The molecule has 176 valence electrons. The topological polar surface area (TPSA) is 106 Å². The van der Waals surface area contributed by atoms with Crippen LogP contribution >= 0.6 is 0 Å². The number of aromatic nitrogens is 3. The van der Waals surface area contributed by atoms with Crippen molar-refractivity contribution in [2.24, 2.45) is 5.92 Å². The van der Waals surface area contributed by atoms with E-state index >= 15 is 0 Å². The van der Waals surface area contributed by atoms with Gasteiger partial charge >= 0.3 is 6.18 Å². The highest BCUT2D eigenvalue weighted by Gasteiger charge is 2.36. The van der Waals surface area contributed by atoms with Crippen LogP contribution in [0, 0.1) is 5.92 Å². The van der Waals surface area contributed by atoms with Gasteiger partial charge in [-0.3, -0.25) is 14.8 Å². The Morgan fingerprint density at radius 1 is 1.31 bits per heavy atom. The second-order valence-electron chi connectivity index (χ2n) is 8.81. The molecule has 1 aliphatic heterocycles. The van der Waals surface area contributed by atoms with E-state index in [4.69, 9.17) is 0 Å². The second kappa shape index (κ2) is 9.22. The number of carbonyl (C=O) groups is 1. The van der Waals surface area contributed by atoms with Gasteiger partial charge in [-0.05, 0) is 44.1 Å². The Labute approximate surface area is 184 Å². The molecule has 2 aromatic heterocycles. The zero-order valence-corrected chi connectivity index (χ0v) is 18.0. The quantitative estimate of drug-likeness (QED) is 0.512. The summed E-state index contributed by atoms with van der Waals surface area (Å²) in [6.45, 7) is 3.51. The summed E-state index contributed by atoms with van der Waals surface area (Å²) in [5.74, 6) is 0.329. The number of pyridine rings is 1. The number of likely N-dealkylation sites (tertiary alicyclic amines) is 1. The Kier molecular flexibility index (Phi) is 6.57. The minimum absolute atomic E-state index is 0.0673. The van der Waals surface area contributed by atoms with Crippen LogP contribution in [0.1, 0.15) is 44.6 Å². The number of aliphatic hydroxyl groups is 1. The molecule has 2 aliphatic rings. The van der Waals surface area contributed by atoms with Gasteiger partial charge in [0.2, 0.25) is 5.91 Å². The number of amides is 1. The Morgan fingerprint density at radius 3 is 2.69 bits per heavy atom. The summed E-state index contributed by atoms with van der Waals surface area (Å²) < 4.78 is 38.8. The number of H-pyrrole nitrogens is 1. The highest BCUT2D eigenvalue weighted by Crippen LogP contribution is 2.33. The number of rotatable bonds is 7. The zero-order chi connectivity index (χ0) is 22.9. The first-order valence-electron chi connectivity index (χ1n) is 11.1. The number of aliphatic hydroxyl groups excluding tert-OH is 1. The molecular formula is C21H29F3N6O2. The van der Waals surface area contributed by atoms with E-state index in [-0.39, 0.29) is 41.4 Å². The van der Waals surface area contributed by atoms with Crippen molar-refractivity contribution in [3.05, 3.63) is 17.8 Å². The van der Waals surface area contributed by atoms with Crippen LogP contribution in [-0.2, 0) is 11.0 Å². The van der Waals surface area contributed by atoms with Crippen molar-refractivity contribution in [1.29, 1.82) is 0 Å². The Bertz CT molecular complexity index is 935. The molecule has 3 heterocycles. The third-order valence-corrected chi connectivity index (χ3v) is 6.66. The van der Waals surface area contributed by atoms with Crippen molar-refractivity contribution in [3.8, 4) is 0 Å². The molecule has 2 fully saturated rings. The molecule has 2 aromatic rings. The second-order valence-corrected chi connectivity index (χ2v) is 8.81. The number of fused-ring (bicyclic) bond motifs is 1. The summed E-state index contributed by atoms with van der Waals surface area (Å²) in [6.07, 6.45) is 1.08. The van der Waals surface area contributed by atoms with Crippen LogP contribution in [0.25, 0.3) is 11.0 Å². The third-order valence-electron chi connectivity index (χ3n) is 6.66. The van der Waals surface area contributed by atoms with Gasteiger partial charge in [0.15, 0.2) is 11.5 Å². The number of alkyl halides is 3. The van der Waals surface area contributed by atoms with Gasteiger partial charge in [-0.15, -0.1) is 0 Å². The average Bonchev–Trinajstić information content (AvgIpc) is 3.16. The molecule has 1 saturated carbocycles. The number of anilines is 1. The van der Waals surface area contributed by atoms with E-state index in [9.17, 15) is 23.1 Å². The number of hydrogen-bond acceptors (Lipinski definition) is 6. The number of halogens is 3. The predicted octanol–water partition coefficient (Wildman–Crippen LogP) is 2.52. The van der Waals surface area contributed by atoms with Gasteiger partial charge in [0.1, 0.15) is 0 Å². The van der Waals surface area contributed by atoms with Crippen molar-refractivity contribution < 1.29 is 23.1 Å². The Hall–Kier alpha value is -2.40. The summed E-state index contributed by atoms with van der Waals surface area (Å²) in [5, 5.41) is 22.4. The fraction of sp³-hybridized carbons (Fsp3) is 0.667. The molecule has 0 spiro atoms. The summed E-state index contributed by atoms with van der Waals surface area (Å²) in [5.41, 5.74) is -0.650. The van der Waals surface area contributed by atoms with E-state index < -0.39 is 11.7 Å². The van der Waals surface area contributed by atoms with Gasteiger partial charge in [0.05, 0.1) is 29.6 Å². The van der Waals surface area contributed by atoms with Gasteiger partial charge < -0.3 is 15.7 Å². The molecule has 0 bridgehead atoms. The minimum Gasteiger partial charge on any atom is -0.393 e. The van der Waals surface area contributed by atoms with Crippen LogP contribution in [0.3, 0.4) is 0 Å². The first-order chi connectivity index (χ1) is 15.2. The molecule has 11 heteroatoms. The van der Waals surface area contributed by atoms with E-state index in [2.05, 4.69) is 30.7 Å². The Morgan fingerprint density at radius 2 is 2.03 bits per heavy atom. The van der Waals surface area contributed by atoms with Gasteiger partial charge in [-0.25, -0.2) is 4.98 Å². The van der Waals surface area contributed by atoms with Gasteiger partial charge in [-0.1, -0.05) is 6.92 Å². The standard InChI is InChI=1S/C21H29F3N6O2/c1-2-17(31)12-3-5-15(6-4-12)30-10-14(11-30)27-18(32)9-26-20-16-7-13(21(22,23)24)8-25-19(16)28-29-20/h7-8,12,14-15,17,31H,2-6,9-11H2,1H3,(H,27,32)(H2,25,26,28,29)/t12?,15?,17-/m1/s1. The minimum atomic E-state index is -4.50. The summed E-state index contributed by atoms with van der Waals surface area (Å²) in [7, 11) is 0. The monoisotopic (exact) mass is 454 g/mol. The lowest BCUT2D eigenvalue weighted by Crippen LogP contribution is -2.63. The zero-order valence-electron chi connectivity index (χ0n) is 18.0. The molecular weight excluding hydrogens is 425 g/mol. The molecule has 1 aliphatic carbocycles. The molecule has 0 radical (unpaired) electrons. The summed E-state index contributed by atoms with van der Waals surface area (Å²) in [6, 6.07) is 1.54. The van der Waals surface area contributed by atoms with Crippen molar-refractivity contribution >= 4 is 22.8 Å². The van der Waals surface area contributed by atoms with Crippen LogP contribution in [0.5, 0.6) is 0 Å².